The number of carboxylic acids is 1. The van der Waals surface area contributed by atoms with Crippen LogP contribution in [0.4, 0.5) is 0 Å². The molecule has 0 saturated carbocycles. The first kappa shape index (κ1) is 17.5. The molecule has 0 heterocycles. The average Bonchev–Trinajstić information content (AvgIpc) is 2.39. The summed E-state index contributed by atoms with van der Waals surface area (Å²) >= 11 is 2.32. The number of aromatic carboxylic acids is 1. The number of para-hydroxylation sites is 1. The van der Waals surface area contributed by atoms with Crippen molar-refractivity contribution >= 4 is 28.6 Å². The van der Waals surface area contributed by atoms with Crippen LogP contribution in [0.2, 0.25) is 0 Å². The third-order valence-electron chi connectivity index (χ3n) is 2.84. The highest BCUT2D eigenvalue weighted by molar-refractivity contribution is 14.1. The SMILES string of the molecule is CC(C)(C)c1ccc(I)cc1.O=C(O)c1ccccc1O. The van der Waals surface area contributed by atoms with Gasteiger partial charge in [-0.2, -0.15) is 0 Å². The van der Waals surface area contributed by atoms with Gasteiger partial charge in [0.2, 0.25) is 0 Å². The number of carbonyl (C=O) groups is 1. The van der Waals surface area contributed by atoms with Crippen molar-refractivity contribution in [3.63, 3.8) is 0 Å². The number of aromatic hydroxyl groups is 1. The van der Waals surface area contributed by atoms with Crippen LogP contribution < -0.4 is 0 Å². The number of hydrogen-bond acceptors (Lipinski definition) is 2. The van der Waals surface area contributed by atoms with Crippen molar-refractivity contribution in [1.82, 2.24) is 0 Å². The number of halogens is 1. The molecule has 0 atom stereocenters. The lowest BCUT2D eigenvalue weighted by Gasteiger charge is -2.18. The lowest BCUT2D eigenvalue weighted by atomic mass is 9.87. The Labute approximate surface area is 138 Å². The number of carboxylic acid groups (broad SMARTS) is 1. The summed E-state index contributed by atoms with van der Waals surface area (Å²) in [7, 11) is 0. The van der Waals surface area contributed by atoms with Crippen molar-refractivity contribution in [2.24, 2.45) is 0 Å². The van der Waals surface area contributed by atoms with Crippen LogP contribution in [0.25, 0.3) is 0 Å². The van der Waals surface area contributed by atoms with Crippen molar-refractivity contribution in [1.29, 1.82) is 0 Å². The van der Waals surface area contributed by atoms with Gasteiger partial charge in [0.1, 0.15) is 11.3 Å². The Morgan fingerprint density at radius 3 is 1.90 bits per heavy atom. The maximum atomic E-state index is 10.3. The maximum absolute atomic E-state index is 10.3. The Kier molecular flexibility index (Phi) is 6.20. The molecule has 0 aliphatic rings. The van der Waals surface area contributed by atoms with E-state index in [0.29, 0.717) is 0 Å². The minimum Gasteiger partial charge on any atom is -0.507 e. The van der Waals surface area contributed by atoms with Gasteiger partial charge in [0.25, 0.3) is 0 Å². The first-order chi connectivity index (χ1) is 9.71. The van der Waals surface area contributed by atoms with E-state index in [1.165, 1.54) is 21.3 Å². The van der Waals surface area contributed by atoms with E-state index >= 15 is 0 Å². The molecule has 2 rings (SSSR count). The third-order valence-corrected chi connectivity index (χ3v) is 3.56. The van der Waals surface area contributed by atoms with Gasteiger partial charge in [0, 0.05) is 3.57 Å². The second kappa shape index (κ2) is 7.45. The zero-order chi connectivity index (χ0) is 16.0. The minimum atomic E-state index is -1.11. The van der Waals surface area contributed by atoms with E-state index < -0.39 is 5.97 Å². The minimum absolute atomic E-state index is 0.0671. The highest BCUT2D eigenvalue weighted by Crippen LogP contribution is 2.22. The summed E-state index contributed by atoms with van der Waals surface area (Å²) in [6.45, 7) is 6.69. The monoisotopic (exact) mass is 398 g/mol. The summed E-state index contributed by atoms with van der Waals surface area (Å²) in [6.07, 6.45) is 0. The van der Waals surface area contributed by atoms with Crippen molar-refractivity contribution in [2.45, 2.75) is 26.2 Å². The molecule has 0 aliphatic carbocycles. The Balaban J connectivity index is 0.000000211. The molecule has 0 amide bonds. The summed E-state index contributed by atoms with van der Waals surface area (Å²) in [4.78, 5) is 10.3. The predicted molar refractivity (Wildman–Crippen MR) is 92.9 cm³/mol. The predicted octanol–water partition coefficient (Wildman–Crippen LogP) is 4.68. The van der Waals surface area contributed by atoms with E-state index in [4.69, 9.17) is 10.2 Å². The first-order valence-electron chi connectivity index (χ1n) is 6.49. The standard InChI is InChI=1S/C10H13I.C7H6O3/c1-10(2,3)8-4-6-9(11)7-5-8;8-6-4-2-1-3-5(6)7(9)10/h4-7H,1-3H3;1-4,8H,(H,9,10). The number of hydrogen-bond donors (Lipinski definition) is 2. The molecule has 0 aromatic heterocycles. The van der Waals surface area contributed by atoms with E-state index in [-0.39, 0.29) is 16.7 Å². The normalized spacial score (nSPS) is 10.5. The van der Waals surface area contributed by atoms with Crippen LogP contribution in [0.5, 0.6) is 5.75 Å². The lowest BCUT2D eigenvalue weighted by molar-refractivity contribution is 0.0693. The molecule has 0 spiro atoms. The van der Waals surface area contributed by atoms with Crippen LogP contribution in [0, 0.1) is 3.57 Å². The van der Waals surface area contributed by atoms with E-state index in [1.54, 1.807) is 12.1 Å². The van der Waals surface area contributed by atoms with Gasteiger partial charge in [-0.3, -0.25) is 0 Å². The number of rotatable bonds is 1. The first-order valence-corrected chi connectivity index (χ1v) is 7.57. The molecular formula is C17H19IO3. The topological polar surface area (TPSA) is 57.5 Å². The molecule has 3 nitrogen and oxygen atoms in total. The zero-order valence-corrected chi connectivity index (χ0v) is 14.5. The van der Waals surface area contributed by atoms with E-state index in [2.05, 4.69) is 67.6 Å². The van der Waals surface area contributed by atoms with E-state index in [9.17, 15) is 4.79 Å². The van der Waals surface area contributed by atoms with Crippen molar-refractivity contribution in [3.8, 4) is 5.75 Å². The fourth-order valence-electron chi connectivity index (χ4n) is 1.60. The Morgan fingerprint density at radius 2 is 1.52 bits per heavy atom. The molecule has 0 aliphatic heterocycles. The van der Waals surface area contributed by atoms with Gasteiger partial charge >= 0.3 is 5.97 Å². The fraction of sp³-hybridized carbons (Fsp3) is 0.235. The molecule has 112 valence electrons. The molecule has 2 aromatic rings. The van der Waals surface area contributed by atoms with Crippen LogP contribution in [-0.2, 0) is 5.41 Å². The summed E-state index contributed by atoms with van der Waals surface area (Å²) in [6, 6.07) is 14.5. The van der Waals surface area contributed by atoms with Gasteiger partial charge in [0.15, 0.2) is 0 Å². The Bertz CT molecular complexity index is 598. The molecule has 2 N–H and O–H groups in total. The van der Waals surface area contributed by atoms with Gasteiger partial charge in [-0.1, -0.05) is 45.0 Å². The van der Waals surface area contributed by atoms with Crippen LogP contribution in [0.1, 0.15) is 36.7 Å². The van der Waals surface area contributed by atoms with Gasteiger partial charge in [-0.05, 0) is 57.8 Å². The Morgan fingerprint density at radius 1 is 1.00 bits per heavy atom. The molecule has 0 fully saturated rings. The lowest BCUT2D eigenvalue weighted by Crippen LogP contribution is -2.10. The van der Waals surface area contributed by atoms with Crippen LogP contribution in [0.15, 0.2) is 48.5 Å². The smallest absolute Gasteiger partial charge is 0.339 e. The molecule has 0 unspecified atom stereocenters. The fourth-order valence-corrected chi connectivity index (χ4v) is 1.96. The summed E-state index contributed by atoms with van der Waals surface area (Å²) in [5.41, 5.74) is 1.62. The van der Waals surface area contributed by atoms with Crippen LogP contribution in [0.3, 0.4) is 0 Å². The summed E-state index contributed by atoms with van der Waals surface area (Å²) in [5, 5.41) is 17.3. The van der Waals surface area contributed by atoms with E-state index in [1.807, 2.05) is 0 Å². The van der Waals surface area contributed by atoms with Gasteiger partial charge in [-0.25, -0.2) is 4.79 Å². The Hall–Kier alpha value is -1.56. The maximum Gasteiger partial charge on any atom is 0.339 e. The quantitative estimate of drug-likeness (QED) is 0.686. The highest BCUT2D eigenvalue weighted by Gasteiger charge is 2.12. The van der Waals surface area contributed by atoms with Gasteiger partial charge in [0.05, 0.1) is 0 Å². The number of phenols is 1. The molecular weight excluding hydrogens is 379 g/mol. The zero-order valence-electron chi connectivity index (χ0n) is 12.3. The van der Waals surface area contributed by atoms with Crippen molar-refractivity contribution in [3.05, 3.63) is 63.2 Å². The van der Waals surface area contributed by atoms with Gasteiger partial charge in [-0.15, -0.1) is 0 Å². The molecule has 21 heavy (non-hydrogen) atoms. The van der Waals surface area contributed by atoms with E-state index in [0.717, 1.165) is 0 Å². The molecule has 0 bridgehead atoms. The van der Waals surface area contributed by atoms with Gasteiger partial charge < -0.3 is 10.2 Å². The van der Waals surface area contributed by atoms with Crippen molar-refractivity contribution in [2.75, 3.05) is 0 Å². The second-order valence-corrected chi connectivity index (χ2v) is 6.82. The molecule has 4 heteroatoms. The molecule has 0 radical (unpaired) electrons. The van der Waals surface area contributed by atoms with Crippen LogP contribution in [-0.4, -0.2) is 16.2 Å². The number of benzene rings is 2. The summed E-state index contributed by atoms with van der Waals surface area (Å²) < 4.78 is 1.30. The largest absolute Gasteiger partial charge is 0.507 e. The van der Waals surface area contributed by atoms with Crippen LogP contribution >= 0.6 is 22.6 Å². The average molecular weight is 398 g/mol. The highest BCUT2D eigenvalue weighted by atomic mass is 127. The summed E-state index contributed by atoms with van der Waals surface area (Å²) in [5.74, 6) is -1.31. The second-order valence-electron chi connectivity index (χ2n) is 5.58. The van der Waals surface area contributed by atoms with Crippen molar-refractivity contribution < 1.29 is 15.0 Å². The third kappa shape index (κ3) is 5.75. The molecule has 0 saturated heterocycles. The molecule has 2 aromatic carbocycles.